The number of aliphatic hydroxyl groups is 1. The standard InChI is InChI=1S/C10H13NO/c12-8-10(6-7-10)11-9-4-2-1-3-5-9/h1-5,11-12H,6-8H2. The highest BCUT2D eigenvalue weighted by molar-refractivity contribution is 5.47. The first kappa shape index (κ1) is 7.62. The number of hydrogen-bond donors (Lipinski definition) is 2. The lowest BCUT2D eigenvalue weighted by atomic mass is 10.2. The molecule has 1 aliphatic rings. The maximum absolute atomic E-state index is 9.06. The van der Waals surface area contributed by atoms with Crippen LogP contribution in [0, 0.1) is 0 Å². The van der Waals surface area contributed by atoms with Crippen LogP contribution < -0.4 is 5.32 Å². The fourth-order valence-electron chi connectivity index (χ4n) is 1.30. The van der Waals surface area contributed by atoms with Crippen molar-refractivity contribution in [3.63, 3.8) is 0 Å². The average Bonchev–Trinajstić information content (AvgIpc) is 2.88. The average molecular weight is 163 g/mol. The number of hydrogen-bond acceptors (Lipinski definition) is 2. The van der Waals surface area contributed by atoms with Crippen LogP contribution in [0.2, 0.25) is 0 Å². The molecule has 0 atom stereocenters. The molecule has 12 heavy (non-hydrogen) atoms. The molecule has 1 aliphatic carbocycles. The number of anilines is 1. The molecule has 0 aliphatic heterocycles. The summed E-state index contributed by atoms with van der Waals surface area (Å²) in [5.74, 6) is 0. The third-order valence-corrected chi connectivity index (χ3v) is 2.34. The summed E-state index contributed by atoms with van der Waals surface area (Å²) in [6.07, 6.45) is 2.16. The van der Waals surface area contributed by atoms with Gasteiger partial charge in [-0.2, -0.15) is 0 Å². The molecule has 2 N–H and O–H groups in total. The minimum Gasteiger partial charge on any atom is -0.394 e. The highest BCUT2D eigenvalue weighted by atomic mass is 16.3. The molecule has 0 amide bonds. The lowest BCUT2D eigenvalue weighted by molar-refractivity contribution is 0.266. The van der Waals surface area contributed by atoms with Crippen molar-refractivity contribution in [3.8, 4) is 0 Å². The summed E-state index contributed by atoms with van der Waals surface area (Å²) < 4.78 is 0. The van der Waals surface area contributed by atoms with Crippen LogP contribution in [0.25, 0.3) is 0 Å². The van der Waals surface area contributed by atoms with Crippen molar-refractivity contribution in [3.05, 3.63) is 30.3 Å². The van der Waals surface area contributed by atoms with Gasteiger partial charge in [-0.15, -0.1) is 0 Å². The first-order valence-electron chi connectivity index (χ1n) is 4.29. The Balaban J connectivity index is 2.04. The van der Waals surface area contributed by atoms with E-state index in [2.05, 4.69) is 5.32 Å². The van der Waals surface area contributed by atoms with E-state index in [9.17, 15) is 0 Å². The van der Waals surface area contributed by atoms with Gasteiger partial charge in [-0.3, -0.25) is 0 Å². The number of para-hydroxylation sites is 1. The number of rotatable bonds is 3. The molecule has 2 heteroatoms. The predicted molar refractivity (Wildman–Crippen MR) is 49.1 cm³/mol. The van der Waals surface area contributed by atoms with Gasteiger partial charge in [-0.25, -0.2) is 0 Å². The molecule has 0 radical (unpaired) electrons. The first-order valence-corrected chi connectivity index (χ1v) is 4.29. The zero-order valence-electron chi connectivity index (χ0n) is 6.96. The van der Waals surface area contributed by atoms with Gasteiger partial charge in [0.2, 0.25) is 0 Å². The van der Waals surface area contributed by atoms with Gasteiger partial charge in [-0.05, 0) is 25.0 Å². The minimum atomic E-state index is 0.00134. The highest BCUT2D eigenvalue weighted by Crippen LogP contribution is 2.38. The van der Waals surface area contributed by atoms with Crippen molar-refractivity contribution in [2.24, 2.45) is 0 Å². The molecule has 0 heterocycles. The second-order valence-corrected chi connectivity index (χ2v) is 3.43. The van der Waals surface area contributed by atoms with E-state index in [0.717, 1.165) is 18.5 Å². The molecule has 0 unspecified atom stereocenters. The van der Waals surface area contributed by atoms with E-state index in [1.807, 2.05) is 30.3 Å². The van der Waals surface area contributed by atoms with Gasteiger partial charge in [0.25, 0.3) is 0 Å². The van der Waals surface area contributed by atoms with E-state index in [4.69, 9.17) is 5.11 Å². The van der Waals surface area contributed by atoms with Crippen molar-refractivity contribution in [2.75, 3.05) is 11.9 Å². The van der Waals surface area contributed by atoms with E-state index in [1.165, 1.54) is 0 Å². The summed E-state index contributed by atoms with van der Waals surface area (Å²) in [5, 5.41) is 12.4. The first-order chi connectivity index (χ1) is 5.85. The van der Waals surface area contributed by atoms with Crippen molar-refractivity contribution >= 4 is 5.69 Å². The molecule has 64 valence electrons. The summed E-state index contributed by atoms with van der Waals surface area (Å²) in [7, 11) is 0. The highest BCUT2D eigenvalue weighted by Gasteiger charge is 2.41. The molecule has 0 spiro atoms. The molecule has 2 nitrogen and oxygen atoms in total. The lowest BCUT2D eigenvalue weighted by Crippen LogP contribution is -2.25. The van der Waals surface area contributed by atoms with Crippen molar-refractivity contribution < 1.29 is 5.11 Å². The predicted octanol–water partition coefficient (Wildman–Crippen LogP) is 1.62. The van der Waals surface area contributed by atoms with E-state index in [-0.39, 0.29) is 12.1 Å². The van der Waals surface area contributed by atoms with Gasteiger partial charge in [0, 0.05) is 5.69 Å². The topological polar surface area (TPSA) is 32.3 Å². The molecule has 2 rings (SSSR count). The molecule has 0 saturated heterocycles. The van der Waals surface area contributed by atoms with E-state index < -0.39 is 0 Å². The van der Waals surface area contributed by atoms with Crippen LogP contribution >= 0.6 is 0 Å². The van der Waals surface area contributed by atoms with Gasteiger partial charge in [-0.1, -0.05) is 18.2 Å². The fraction of sp³-hybridized carbons (Fsp3) is 0.400. The Hall–Kier alpha value is -1.02. The Bertz CT molecular complexity index is 254. The minimum absolute atomic E-state index is 0.00134. The maximum atomic E-state index is 9.06. The summed E-state index contributed by atoms with van der Waals surface area (Å²) >= 11 is 0. The molecule has 0 bridgehead atoms. The van der Waals surface area contributed by atoms with Gasteiger partial charge >= 0.3 is 0 Å². The second kappa shape index (κ2) is 2.79. The summed E-state index contributed by atoms with van der Waals surface area (Å²) in [6.45, 7) is 0.238. The molecular weight excluding hydrogens is 150 g/mol. The van der Waals surface area contributed by atoms with Crippen LogP contribution in [-0.4, -0.2) is 17.3 Å². The van der Waals surface area contributed by atoms with Crippen LogP contribution in [0.3, 0.4) is 0 Å². The Morgan fingerprint density at radius 1 is 1.25 bits per heavy atom. The van der Waals surface area contributed by atoms with Crippen molar-refractivity contribution in [1.82, 2.24) is 0 Å². The molecule has 1 saturated carbocycles. The third-order valence-electron chi connectivity index (χ3n) is 2.34. The van der Waals surface area contributed by atoms with Crippen LogP contribution in [0.4, 0.5) is 5.69 Å². The SMILES string of the molecule is OCC1(Nc2ccccc2)CC1. The second-order valence-electron chi connectivity index (χ2n) is 3.43. The van der Waals surface area contributed by atoms with Crippen molar-refractivity contribution in [2.45, 2.75) is 18.4 Å². The van der Waals surface area contributed by atoms with Crippen LogP contribution in [0.5, 0.6) is 0 Å². The Morgan fingerprint density at radius 2 is 1.92 bits per heavy atom. The summed E-state index contributed by atoms with van der Waals surface area (Å²) in [6, 6.07) is 10.0. The third kappa shape index (κ3) is 1.43. The van der Waals surface area contributed by atoms with Gasteiger partial charge in [0.05, 0.1) is 12.1 Å². The number of aliphatic hydroxyl groups excluding tert-OH is 1. The zero-order valence-corrected chi connectivity index (χ0v) is 6.96. The zero-order chi connectivity index (χ0) is 8.44. The quantitative estimate of drug-likeness (QED) is 0.709. The van der Waals surface area contributed by atoms with Gasteiger partial charge in [0.15, 0.2) is 0 Å². The van der Waals surface area contributed by atoms with Crippen LogP contribution in [0.15, 0.2) is 30.3 Å². The molecule has 1 fully saturated rings. The van der Waals surface area contributed by atoms with Crippen LogP contribution in [0.1, 0.15) is 12.8 Å². The Kier molecular flexibility index (Phi) is 1.77. The smallest absolute Gasteiger partial charge is 0.0661 e. The maximum Gasteiger partial charge on any atom is 0.0661 e. The fourth-order valence-corrected chi connectivity index (χ4v) is 1.30. The molecule has 1 aromatic carbocycles. The lowest BCUT2D eigenvalue weighted by Gasteiger charge is -2.15. The van der Waals surface area contributed by atoms with E-state index >= 15 is 0 Å². The van der Waals surface area contributed by atoms with Gasteiger partial charge < -0.3 is 10.4 Å². The normalized spacial score (nSPS) is 18.8. The summed E-state index contributed by atoms with van der Waals surface area (Å²) in [5.41, 5.74) is 1.10. The number of nitrogens with one attached hydrogen (secondary N) is 1. The van der Waals surface area contributed by atoms with Crippen LogP contribution in [-0.2, 0) is 0 Å². The van der Waals surface area contributed by atoms with E-state index in [0.29, 0.717) is 0 Å². The van der Waals surface area contributed by atoms with E-state index in [1.54, 1.807) is 0 Å². The number of benzene rings is 1. The monoisotopic (exact) mass is 163 g/mol. The molecular formula is C10H13NO. The molecule has 1 aromatic rings. The molecule has 0 aromatic heterocycles. The Morgan fingerprint density at radius 3 is 2.42 bits per heavy atom. The van der Waals surface area contributed by atoms with Gasteiger partial charge in [0.1, 0.15) is 0 Å². The largest absolute Gasteiger partial charge is 0.394 e. The Labute approximate surface area is 72.2 Å². The van der Waals surface area contributed by atoms with Crippen molar-refractivity contribution in [1.29, 1.82) is 0 Å². The summed E-state index contributed by atoms with van der Waals surface area (Å²) in [4.78, 5) is 0.